The lowest BCUT2D eigenvalue weighted by atomic mass is 9.80. The molecule has 2 fully saturated rings. The normalized spacial score (nSPS) is 26.4. The van der Waals surface area contributed by atoms with Crippen LogP contribution >= 0.6 is 0 Å². The van der Waals surface area contributed by atoms with Crippen molar-refractivity contribution in [3.05, 3.63) is 108 Å². The Balaban J connectivity index is 1.54. The highest BCUT2D eigenvalue weighted by atomic mass is 19.1. The molecule has 2 aliphatic heterocycles. The second kappa shape index (κ2) is 9.80. The molecule has 1 unspecified atom stereocenters. The van der Waals surface area contributed by atoms with E-state index in [9.17, 15) is 4.39 Å². The van der Waals surface area contributed by atoms with Crippen molar-refractivity contribution in [1.29, 1.82) is 0 Å². The van der Waals surface area contributed by atoms with Crippen LogP contribution in [0.15, 0.2) is 91.0 Å². The van der Waals surface area contributed by atoms with Gasteiger partial charge in [0.25, 0.3) is 0 Å². The van der Waals surface area contributed by atoms with Gasteiger partial charge in [-0.15, -0.1) is 0 Å². The third kappa shape index (κ3) is 4.53. The first-order valence-electron chi connectivity index (χ1n) is 11.9. The van der Waals surface area contributed by atoms with Gasteiger partial charge >= 0.3 is 0 Å². The maximum atomic E-state index is 14.6. The van der Waals surface area contributed by atoms with Crippen LogP contribution in [0.2, 0.25) is 0 Å². The molecule has 0 radical (unpaired) electrons. The minimum Gasteiger partial charge on any atom is -0.361 e. The number of methoxy groups -OCH3 is 1. The van der Waals surface area contributed by atoms with Crippen LogP contribution < -0.4 is 0 Å². The highest BCUT2D eigenvalue weighted by Crippen LogP contribution is 2.44. The molecule has 5 nitrogen and oxygen atoms in total. The summed E-state index contributed by atoms with van der Waals surface area (Å²) in [5, 5.41) is 0. The molecule has 0 amide bonds. The van der Waals surface area contributed by atoms with Crippen molar-refractivity contribution in [3.63, 3.8) is 0 Å². The van der Waals surface area contributed by atoms with Gasteiger partial charge in [0.15, 0.2) is 5.79 Å². The zero-order valence-corrected chi connectivity index (χ0v) is 20.2. The van der Waals surface area contributed by atoms with E-state index in [1.807, 2.05) is 68.4 Å². The number of ether oxygens (including phenoxy) is 5. The number of hydrogen-bond donors (Lipinski definition) is 0. The van der Waals surface area contributed by atoms with Crippen molar-refractivity contribution < 1.29 is 28.1 Å². The van der Waals surface area contributed by atoms with Gasteiger partial charge in [-0.05, 0) is 30.5 Å². The average Bonchev–Trinajstić information content (AvgIpc) is 3.39. The Bertz CT molecular complexity index is 995. The Hall–Kier alpha value is -2.61. The molecule has 2 aliphatic rings. The standard InChI is InChI=1S/C29H31FO5/c1-28(2)34-24-23(33-26(25(24)35-28)27(30)31-3)19-32-29(20-13-7-4-8-14-20,21-15-9-5-10-16-21)22-17-11-6-12-18-22/h4-18,23-27H,19H2,1-3H3/t23-,24+,25+,26+,27?/m1/s1. The smallest absolute Gasteiger partial charge is 0.227 e. The molecule has 3 aromatic carbocycles. The number of fused-ring (bicyclic) bond motifs is 1. The molecule has 0 aliphatic carbocycles. The highest BCUT2D eigenvalue weighted by molar-refractivity contribution is 5.47. The largest absolute Gasteiger partial charge is 0.361 e. The van der Waals surface area contributed by atoms with Gasteiger partial charge < -0.3 is 23.7 Å². The van der Waals surface area contributed by atoms with Gasteiger partial charge in [-0.1, -0.05) is 91.0 Å². The number of hydrogen-bond acceptors (Lipinski definition) is 5. The molecule has 0 aromatic heterocycles. The first kappa shape index (κ1) is 24.1. The van der Waals surface area contributed by atoms with E-state index < -0.39 is 42.2 Å². The highest BCUT2D eigenvalue weighted by Gasteiger charge is 2.58. The summed E-state index contributed by atoms with van der Waals surface area (Å²) in [6.45, 7) is 3.80. The third-order valence-corrected chi connectivity index (χ3v) is 6.67. The van der Waals surface area contributed by atoms with Crippen LogP contribution in [-0.2, 0) is 29.3 Å². The number of halogens is 1. The van der Waals surface area contributed by atoms with E-state index in [1.165, 1.54) is 7.11 Å². The maximum absolute atomic E-state index is 14.6. The molecule has 3 aromatic rings. The fourth-order valence-electron chi connectivity index (χ4n) is 5.17. The molecule has 35 heavy (non-hydrogen) atoms. The van der Waals surface area contributed by atoms with Crippen molar-refractivity contribution in [2.75, 3.05) is 13.7 Å². The molecular weight excluding hydrogens is 447 g/mol. The molecule has 184 valence electrons. The minimum absolute atomic E-state index is 0.159. The molecule has 5 atom stereocenters. The van der Waals surface area contributed by atoms with Gasteiger partial charge in [0.1, 0.15) is 30.0 Å². The van der Waals surface area contributed by atoms with Crippen molar-refractivity contribution in [1.82, 2.24) is 0 Å². The van der Waals surface area contributed by atoms with Crippen molar-refractivity contribution >= 4 is 0 Å². The van der Waals surface area contributed by atoms with E-state index in [2.05, 4.69) is 36.4 Å². The monoisotopic (exact) mass is 478 g/mol. The summed E-state index contributed by atoms with van der Waals surface area (Å²) in [6, 6.07) is 30.3. The summed E-state index contributed by atoms with van der Waals surface area (Å²) in [7, 11) is 1.32. The van der Waals surface area contributed by atoms with Crippen LogP contribution in [0.3, 0.4) is 0 Å². The predicted molar refractivity (Wildman–Crippen MR) is 130 cm³/mol. The first-order chi connectivity index (χ1) is 16.9. The first-order valence-corrected chi connectivity index (χ1v) is 11.9. The molecule has 5 rings (SSSR count). The number of rotatable bonds is 8. The quantitative estimate of drug-likeness (QED) is 0.415. The maximum Gasteiger partial charge on any atom is 0.227 e. The summed E-state index contributed by atoms with van der Waals surface area (Å²) in [5.74, 6) is -0.849. The third-order valence-electron chi connectivity index (χ3n) is 6.67. The Labute approximate surface area is 205 Å². The second-order valence-corrected chi connectivity index (χ2v) is 9.38. The predicted octanol–water partition coefficient (Wildman–Crippen LogP) is 5.22. The second-order valence-electron chi connectivity index (χ2n) is 9.38. The molecule has 0 spiro atoms. The summed E-state index contributed by atoms with van der Waals surface area (Å²) in [5.41, 5.74) is 2.03. The van der Waals surface area contributed by atoms with Crippen LogP contribution in [0, 0.1) is 0 Å². The van der Waals surface area contributed by atoms with Crippen molar-refractivity contribution in [2.24, 2.45) is 0 Å². The lowest BCUT2D eigenvalue weighted by Crippen LogP contribution is -2.39. The van der Waals surface area contributed by atoms with Gasteiger partial charge in [0.2, 0.25) is 6.36 Å². The van der Waals surface area contributed by atoms with Gasteiger partial charge in [0.05, 0.1) is 6.61 Å². The zero-order valence-electron chi connectivity index (χ0n) is 20.2. The van der Waals surface area contributed by atoms with Crippen molar-refractivity contribution in [2.45, 2.75) is 56.0 Å². The minimum atomic E-state index is -1.63. The van der Waals surface area contributed by atoms with E-state index in [0.29, 0.717) is 0 Å². The van der Waals surface area contributed by atoms with E-state index in [1.54, 1.807) is 0 Å². The van der Waals surface area contributed by atoms with Crippen LogP contribution in [0.4, 0.5) is 4.39 Å². The van der Waals surface area contributed by atoms with Crippen LogP contribution in [0.5, 0.6) is 0 Å². The van der Waals surface area contributed by atoms with E-state index in [0.717, 1.165) is 16.7 Å². The zero-order chi connectivity index (χ0) is 24.5. The van der Waals surface area contributed by atoms with E-state index >= 15 is 0 Å². The van der Waals surface area contributed by atoms with Crippen LogP contribution in [0.1, 0.15) is 30.5 Å². The lowest BCUT2D eigenvalue weighted by molar-refractivity contribution is -0.219. The molecule has 0 saturated carbocycles. The van der Waals surface area contributed by atoms with Gasteiger partial charge in [-0.2, -0.15) is 0 Å². The average molecular weight is 479 g/mol. The Kier molecular flexibility index (Phi) is 6.75. The van der Waals surface area contributed by atoms with Crippen molar-refractivity contribution in [3.8, 4) is 0 Å². The lowest BCUT2D eigenvalue weighted by Gasteiger charge is -2.37. The molecule has 6 heteroatoms. The Morgan fingerprint density at radius 2 is 1.26 bits per heavy atom. The summed E-state index contributed by atoms with van der Waals surface area (Å²) >= 11 is 0. The van der Waals surface area contributed by atoms with Gasteiger partial charge in [0, 0.05) is 7.11 Å². The molecule has 0 bridgehead atoms. The Morgan fingerprint density at radius 1 is 0.800 bits per heavy atom. The molecule has 2 heterocycles. The topological polar surface area (TPSA) is 46.2 Å². The van der Waals surface area contributed by atoms with Crippen LogP contribution in [0.25, 0.3) is 0 Å². The fraction of sp³-hybridized carbons (Fsp3) is 0.379. The molecular formula is C29H31FO5. The summed E-state index contributed by atoms with van der Waals surface area (Å²) in [4.78, 5) is 0. The van der Waals surface area contributed by atoms with Gasteiger partial charge in [-0.25, -0.2) is 4.39 Å². The van der Waals surface area contributed by atoms with Crippen LogP contribution in [-0.4, -0.2) is 50.3 Å². The van der Waals surface area contributed by atoms with E-state index in [4.69, 9.17) is 23.7 Å². The van der Waals surface area contributed by atoms with E-state index in [-0.39, 0.29) is 6.61 Å². The molecule has 2 saturated heterocycles. The molecule has 0 N–H and O–H groups in total. The fourth-order valence-corrected chi connectivity index (χ4v) is 5.17. The van der Waals surface area contributed by atoms with Gasteiger partial charge in [-0.3, -0.25) is 0 Å². The number of alkyl halides is 1. The summed E-state index contributed by atoms with van der Waals surface area (Å²) in [6.07, 6.45) is -4.15. The summed E-state index contributed by atoms with van der Waals surface area (Å²) < 4.78 is 44.7. The SMILES string of the molecule is COC(F)[C@H]1O[C@H](COC(c2ccccc2)(c2ccccc2)c2ccccc2)[C@@H]2OC(C)(C)O[C@@H]21. The Morgan fingerprint density at radius 3 is 1.71 bits per heavy atom. The number of benzene rings is 3.